The molecule has 2 N–H and O–H groups in total. The lowest BCUT2D eigenvalue weighted by molar-refractivity contribution is -0.138. The third-order valence-corrected chi connectivity index (χ3v) is 14.9. The summed E-state index contributed by atoms with van der Waals surface area (Å²) < 4.78 is 0. The van der Waals surface area contributed by atoms with E-state index in [2.05, 4.69) is 27.7 Å². The summed E-state index contributed by atoms with van der Waals surface area (Å²) in [7, 11) is 0. The van der Waals surface area contributed by atoms with Crippen LogP contribution in [0.4, 0.5) is 0 Å². The fraction of sp³-hybridized carbons (Fsp3) is 0.824. The molecule has 0 saturated carbocycles. The smallest absolute Gasteiger partial charge is 0.317 e. The monoisotopic (exact) mass is 624 g/mol. The first-order valence-corrected chi connectivity index (χ1v) is 19.4. The van der Waals surface area contributed by atoms with Gasteiger partial charge in [0, 0.05) is 30.4 Å². The Morgan fingerprint density at radius 3 is 1.17 bits per heavy atom. The summed E-state index contributed by atoms with van der Waals surface area (Å²) in [5.74, 6) is -1.43. The topological polar surface area (TPSA) is 74.6 Å². The zero-order chi connectivity index (χ0) is 29.9. The van der Waals surface area contributed by atoms with E-state index >= 15 is 0 Å². The summed E-state index contributed by atoms with van der Waals surface area (Å²) in [4.78, 5) is 30.0. The van der Waals surface area contributed by atoms with Gasteiger partial charge in [0.1, 0.15) is 10.5 Å². The second-order valence-electron chi connectivity index (χ2n) is 12.6. The first-order chi connectivity index (χ1) is 19.8. The molecule has 0 aromatic carbocycles. The lowest BCUT2D eigenvalue weighted by Crippen LogP contribution is -2.39. The van der Waals surface area contributed by atoms with E-state index in [9.17, 15) is 19.8 Å². The Kier molecular flexibility index (Phi) is 14.4. The standard InChI is InChI=1S/C34H56O4S3/c1-5-9-11-13-15-17-19-21-23-33(7-3)27-25(39-29(33)31(35)36)26-28(41-27)34(8-4,30(40-26)32(37)38)24-22-20-18-16-14-12-10-6-2/h29-30H,5-24H2,1-4H3,(H,35,36)(H,37,38). The van der Waals surface area contributed by atoms with Crippen molar-refractivity contribution < 1.29 is 19.8 Å². The van der Waals surface area contributed by atoms with E-state index in [1.165, 1.54) is 123 Å². The molecule has 3 rings (SSSR count). The summed E-state index contributed by atoms with van der Waals surface area (Å²) >= 11 is 4.86. The molecule has 0 radical (unpaired) electrons. The largest absolute Gasteiger partial charge is 0.480 e. The van der Waals surface area contributed by atoms with E-state index in [1.54, 1.807) is 11.3 Å². The van der Waals surface area contributed by atoms with E-state index in [0.29, 0.717) is 0 Å². The van der Waals surface area contributed by atoms with Crippen LogP contribution < -0.4 is 0 Å². The van der Waals surface area contributed by atoms with Gasteiger partial charge in [-0.15, -0.1) is 34.9 Å². The van der Waals surface area contributed by atoms with E-state index in [-0.39, 0.29) is 10.8 Å². The van der Waals surface area contributed by atoms with Crippen LogP contribution in [-0.4, -0.2) is 32.7 Å². The number of fused-ring (bicyclic) bond motifs is 3. The van der Waals surface area contributed by atoms with E-state index in [1.807, 2.05) is 0 Å². The molecule has 234 valence electrons. The fourth-order valence-corrected chi connectivity index (χ4v) is 13.0. The zero-order valence-corrected chi connectivity index (χ0v) is 28.7. The van der Waals surface area contributed by atoms with Gasteiger partial charge in [0.2, 0.25) is 0 Å². The van der Waals surface area contributed by atoms with Crippen LogP contribution >= 0.6 is 34.9 Å². The molecule has 0 fully saturated rings. The van der Waals surface area contributed by atoms with E-state index in [4.69, 9.17) is 0 Å². The summed E-state index contributed by atoms with van der Waals surface area (Å²) in [6, 6.07) is 0. The number of thiophene rings is 1. The normalized spacial score (nSPS) is 25.0. The molecule has 0 bridgehead atoms. The number of carboxylic acids is 2. The van der Waals surface area contributed by atoms with Gasteiger partial charge in [-0.3, -0.25) is 9.59 Å². The average molecular weight is 625 g/mol. The van der Waals surface area contributed by atoms with Crippen LogP contribution in [0.25, 0.3) is 0 Å². The van der Waals surface area contributed by atoms with Gasteiger partial charge >= 0.3 is 11.9 Å². The lowest BCUT2D eigenvalue weighted by Gasteiger charge is -2.34. The fourth-order valence-electron chi connectivity index (χ4n) is 7.23. The second-order valence-corrected chi connectivity index (χ2v) is 15.8. The first kappa shape index (κ1) is 34.8. The maximum Gasteiger partial charge on any atom is 0.317 e. The number of thioether (sulfide) groups is 2. The maximum atomic E-state index is 12.6. The van der Waals surface area contributed by atoms with Crippen molar-refractivity contribution in [2.75, 3.05) is 0 Å². The molecule has 1 aromatic heterocycles. The number of unbranched alkanes of at least 4 members (excludes halogenated alkanes) is 14. The van der Waals surface area contributed by atoms with Gasteiger partial charge in [0.25, 0.3) is 0 Å². The Labute approximate surface area is 262 Å². The lowest BCUT2D eigenvalue weighted by atomic mass is 9.75. The third-order valence-electron chi connectivity index (χ3n) is 9.87. The minimum atomic E-state index is -0.716. The summed E-state index contributed by atoms with van der Waals surface area (Å²) in [5, 5.41) is 19.7. The molecule has 2 aliphatic rings. The number of aliphatic carboxylic acids is 2. The Hall–Kier alpha value is -0.660. The van der Waals surface area contributed by atoms with Crippen molar-refractivity contribution in [2.45, 2.75) is 187 Å². The van der Waals surface area contributed by atoms with Gasteiger partial charge in [-0.2, -0.15) is 0 Å². The highest BCUT2D eigenvalue weighted by Gasteiger charge is 2.58. The Bertz CT molecular complexity index is 901. The summed E-state index contributed by atoms with van der Waals surface area (Å²) in [6.45, 7) is 8.83. The molecule has 3 heterocycles. The summed E-state index contributed by atoms with van der Waals surface area (Å²) in [6.07, 6.45) is 23.4. The van der Waals surface area contributed by atoms with Gasteiger partial charge in [-0.1, -0.05) is 130 Å². The number of carbonyl (C=O) groups is 2. The molecule has 1 aromatic rings. The number of hydrogen-bond donors (Lipinski definition) is 2. The SMILES string of the molecule is CCCCCCCCCCC1(CC)c2sc3c(c2SC1C(=O)O)SC(C(=O)O)C3(CC)CCCCCCCCCC. The molecule has 41 heavy (non-hydrogen) atoms. The number of hydrogen-bond acceptors (Lipinski definition) is 5. The van der Waals surface area contributed by atoms with Gasteiger partial charge in [-0.25, -0.2) is 0 Å². The van der Waals surface area contributed by atoms with Crippen molar-refractivity contribution in [1.29, 1.82) is 0 Å². The molecule has 0 amide bonds. The molecule has 0 aliphatic carbocycles. The highest BCUT2D eigenvalue weighted by atomic mass is 32.2. The van der Waals surface area contributed by atoms with Crippen molar-refractivity contribution >= 4 is 46.8 Å². The van der Waals surface area contributed by atoms with Crippen LogP contribution in [0.5, 0.6) is 0 Å². The van der Waals surface area contributed by atoms with Crippen molar-refractivity contribution in [3.05, 3.63) is 9.75 Å². The van der Waals surface area contributed by atoms with Crippen molar-refractivity contribution in [1.82, 2.24) is 0 Å². The van der Waals surface area contributed by atoms with Gasteiger partial charge in [0.15, 0.2) is 0 Å². The third kappa shape index (κ3) is 7.90. The molecule has 4 nitrogen and oxygen atoms in total. The molecule has 2 aliphatic heterocycles. The van der Waals surface area contributed by atoms with Gasteiger partial charge in [-0.05, 0) is 25.7 Å². The van der Waals surface area contributed by atoms with Crippen LogP contribution in [0.2, 0.25) is 0 Å². The number of rotatable bonds is 22. The highest BCUT2D eigenvalue weighted by molar-refractivity contribution is 8.04. The zero-order valence-electron chi connectivity index (χ0n) is 26.2. The van der Waals surface area contributed by atoms with Crippen LogP contribution in [0.3, 0.4) is 0 Å². The highest BCUT2D eigenvalue weighted by Crippen LogP contribution is 2.67. The molecule has 0 spiro atoms. The minimum Gasteiger partial charge on any atom is -0.480 e. The van der Waals surface area contributed by atoms with Crippen LogP contribution in [0.15, 0.2) is 9.79 Å². The maximum absolute atomic E-state index is 12.6. The second kappa shape index (κ2) is 17.0. The molecule has 4 atom stereocenters. The Balaban J connectivity index is 1.77. The van der Waals surface area contributed by atoms with Crippen LogP contribution in [-0.2, 0) is 20.4 Å². The first-order valence-electron chi connectivity index (χ1n) is 16.8. The molecule has 4 unspecified atom stereocenters. The van der Waals surface area contributed by atoms with Crippen molar-refractivity contribution in [3.63, 3.8) is 0 Å². The predicted octanol–water partition coefficient (Wildman–Crippen LogP) is 11.2. The molecule has 0 saturated heterocycles. The van der Waals surface area contributed by atoms with Crippen molar-refractivity contribution in [3.8, 4) is 0 Å². The van der Waals surface area contributed by atoms with Gasteiger partial charge in [0.05, 0.1) is 0 Å². The minimum absolute atomic E-state index is 0.347. The molecular formula is C34H56O4S3. The van der Waals surface area contributed by atoms with E-state index < -0.39 is 22.4 Å². The van der Waals surface area contributed by atoms with E-state index in [0.717, 1.165) is 48.3 Å². The predicted molar refractivity (Wildman–Crippen MR) is 177 cm³/mol. The van der Waals surface area contributed by atoms with Crippen molar-refractivity contribution in [2.24, 2.45) is 0 Å². The Morgan fingerprint density at radius 1 is 0.561 bits per heavy atom. The average Bonchev–Trinajstić information content (AvgIpc) is 3.58. The van der Waals surface area contributed by atoms with Crippen LogP contribution in [0, 0.1) is 0 Å². The number of carboxylic acid groups (broad SMARTS) is 2. The van der Waals surface area contributed by atoms with Gasteiger partial charge < -0.3 is 10.2 Å². The quantitative estimate of drug-likeness (QED) is 0.125. The molecular weight excluding hydrogens is 569 g/mol. The Morgan fingerprint density at radius 2 is 0.878 bits per heavy atom. The summed E-state index contributed by atoms with van der Waals surface area (Å²) in [5.41, 5.74) is -0.694. The van der Waals surface area contributed by atoms with Crippen LogP contribution in [0.1, 0.15) is 166 Å². The molecule has 7 heteroatoms.